The number of carbonyl (C=O) groups excluding carboxylic acids is 1. The fourth-order valence-corrected chi connectivity index (χ4v) is 5.02. The van der Waals surface area contributed by atoms with E-state index in [1.54, 1.807) is 13.2 Å². The SMILES string of the molecule is COc1cc2c(cc1OC)C(NS(=O)(=O)c1nnc(NC(C)=O)s1)CC2. The van der Waals surface area contributed by atoms with Crippen LogP contribution in [0.5, 0.6) is 11.5 Å². The number of benzene rings is 1. The molecule has 2 aromatic rings. The molecule has 1 aromatic heterocycles. The molecular weight excluding hydrogens is 380 g/mol. The van der Waals surface area contributed by atoms with Crippen molar-refractivity contribution in [2.75, 3.05) is 19.5 Å². The van der Waals surface area contributed by atoms with Gasteiger partial charge in [0.05, 0.1) is 14.2 Å². The van der Waals surface area contributed by atoms with Crippen molar-refractivity contribution in [1.29, 1.82) is 0 Å². The molecule has 1 unspecified atom stereocenters. The van der Waals surface area contributed by atoms with E-state index >= 15 is 0 Å². The highest BCUT2D eigenvalue weighted by Crippen LogP contribution is 2.40. The Morgan fingerprint density at radius 2 is 1.92 bits per heavy atom. The number of fused-ring (bicyclic) bond motifs is 1. The standard InChI is InChI=1S/C15H18N4O5S2/c1-8(20)16-14-17-18-15(25-14)26(21,22)19-11-5-4-9-6-12(23-2)13(24-3)7-10(9)11/h6-7,11,19H,4-5H2,1-3H3,(H,16,17,20). The lowest BCUT2D eigenvalue weighted by molar-refractivity contribution is -0.114. The van der Waals surface area contributed by atoms with Crippen molar-refractivity contribution >= 4 is 32.4 Å². The van der Waals surface area contributed by atoms with E-state index in [0.29, 0.717) is 17.9 Å². The van der Waals surface area contributed by atoms with Crippen molar-refractivity contribution < 1.29 is 22.7 Å². The van der Waals surface area contributed by atoms with Gasteiger partial charge in [0.15, 0.2) is 11.5 Å². The summed E-state index contributed by atoms with van der Waals surface area (Å²) in [6.07, 6.45) is 1.33. The largest absolute Gasteiger partial charge is 0.493 e. The highest BCUT2D eigenvalue weighted by molar-refractivity contribution is 7.91. The number of rotatable bonds is 6. The number of amides is 1. The summed E-state index contributed by atoms with van der Waals surface area (Å²) in [6.45, 7) is 1.31. The quantitative estimate of drug-likeness (QED) is 0.707. The molecule has 26 heavy (non-hydrogen) atoms. The number of anilines is 1. The Morgan fingerprint density at radius 3 is 2.58 bits per heavy atom. The van der Waals surface area contributed by atoms with Gasteiger partial charge in [-0.25, -0.2) is 13.1 Å². The summed E-state index contributed by atoms with van der Waals surface area (Å²) >= 11 is 0.797. The number of hydrogen-bond acceptors (Lipinski definition) is 8. The maximum Gasteiger partial charge on any atom is 0.270 e. The molecule has 0 saturated carbocycles. The molecule has 140 valence electrons. The molecule has 1 aliphatic rings. The predicted molar refractivity (Wildman–Crippen MR) is 95.1 cm³/mol. The van der Waals surface area contributed by atoms with Gasteiger partial charge in [-0.15, -0.1) is 10.2 Å². The first-order valence-corrected chi connectivity index (χ1v) is 10.0. The normalized spacial score (nSPS) is 16.2. The van der Waals surface area contributed by atoms with Gasteiger partial charge in [-0.3, -0.25) is 4.79 Å². The van der Waals surface area contributed by atoms with Crippen LogP contribution >= 0.6 is 11.3 Å². The molecule has 0 saturated heterocycles. The molecule has 1 amide bonds. The van der Waals surface area contributed by atoms with Gasteiger partial charge in [0, 0.05) is 13.0 Å². The summed E-state index contributed by atoms with van der Waals surface area (Å²) in [7, 11) is -0.777. The van der Waals surface area contributed by atoms with Gasteiger partial charge in [-0.05, 0) is 36.1 Å². The number of nitrogens with zero attached hydrogens (tertiary/aromatic N) is 2. The summed E-state index contributed by atoms with van der Waals surface area (Å²) in [5, 5.41) is 9.88. The molecule has 1 aromatic carbocycles. The minimum absolute atomic E-state index is 0.135. The third-order valence-electron chi connectivity index (χ3n) is 3.94. The van der Waals surface area contributed by atoms with Crippen LogP contribution in [0.25, 0.3) is 0 Å². The van der Waals surface area contributed by atoms with Crippen molar-refractivity contribution in [3.05, 3.63) is 23.3 Å². The second-order valence-corrected chi connectivity index (χ2v) is 8.54. The van der Waals surface area contributed by atoms with Gasteiger partial charge in [-0.1, -0.05) is 11.3 Å². The first-order valence-electron chi connectivity index (χ1n) is 7.72. The molecule has 9 nitrogen and oxygen atoms in total. The number of methoxy groups -OCH3 is 2. The number of carbonyl (C=O) groups is 1. The zero-order valence-electron chi connectivity index (χ0n) is 14.4. The minimum atomic E-state index is -3.87. The summed E-state index contributed by atoms with van der Waals surface area (Å²) in [6, 6.07) is 3.25. The van der Waals surface area contributed by atoms with E-state index < -0.39 is 16.1 Å². The summed E-state index contributed by atoms with van der Waals surface area (Å²) in [4.78, 5) is 11.0. The van der Waals surface area contributed by atoms with E-state index in [9.17, 15) is 13.2 Å². The van der Waals surface area contributed by atoms with Crippen LogP contribution in [0.15, 0.2) is 16.5 Å². The zero-order valence-corrected chi connectivity index (χ0v) is 16.0. The van der Waals surface area contributed by atoms with Gasteiger partial charge in [0.25, 0.3) is 10.0 Å². The molecule has 0 bridgehead atoms. The van der Waals surface area contributed by atoms with Gasteiger partial charge >= 0.3 is 0 Å². The van der Waals surface area contributed by atoms with Crippen LogP contribution in [0.1, 0.15) is 30.5 Å². The zero-order chi connectivity index (χ0) is 18.9. The maximum absolute atomic E-state index is 12.6. The Balaban J connectivity index is 1.84. The van der Waals surface area contributed by atoms with Crippen molar-refractivity contribution in [2.24, 2.45) is 0 Å². The molecule has 0 aliphatic heterocycles. The minimum Gasteiger partial charge on any atom is -0.493 e. The van der Waals surface area contributed by atoms with E-state index in [2.05, 4.69) is 20.2 Å². The Kier molecular flexibility index (Phi) is 5.12. The molecule has 1 heterocycles. The Bertz CT molecular complexity index is 942. The number of ether oxygens (including phenoxy) is 2. The van der Waals surface area contributed by atoms with Gasteiger partial charge in [0.1, 0.15) is 0 Å². The summed E-state index contributed by atoms with van der Waals surface area (Å²) in [5.41, 5.74) is 1.85. The number of sulfonamides is 1. The molecule has 1 aliphatic carbocycles. The third kappa shape index (κ3) is 3.64. The van der Waals surface area contributed by atoms with E-state index in [1.165, 1.54) is 14.0 Å². The predicted octanol–water partition coefficient (Wildman–Crippen LogP) is 1.48. The summed E-state index contributed by atoms with van der Waals surface area (Å²) < 4.78 is 38.2. The van der Waals surface area contributed by atoms with Crippen LogP contribution in [-0.2, 0) is 21.2 Å². The molecule has 3 rings (SSSR count). The second kappa shape index (κ2) is 7.17. The van der Waals surface area contributed by atoms with Crippen LogP contribution < -0.4 is 19.5 Å². The lowest BCUT2D eigenvalue weighted by Crippen LogP contribution is -2.27. The maximum atomic E-state index is 12.6. The molecule has 0 fully saturated rings. The van der Waals surface area contributed by atoms with E-state index in [1.807, 2.05) is 6.07 Å². The van der Waals surface area contributed by atoms with Crippen molar-refractivity contribution in [1.82, 2.24) is 14.9 Å². The Labute approximate surface area is 154 Å². The number of aromatic nitrogens is 2. The molecule has 0 radical (unpaired) electrons. The van der Waals surface area contributed by atoms with Gasteiger partial charge < -0.3 is 14.8 Å². The Morgan fingerprint density at radius 1 is 1.23 bits per heavy atom. The van der Waals surface area contributed by atoms with Crippen LogP contribution in [0.2, 0.25) is 0 Å². The average Bonchev–Trinajstić information content (AvgIpc) is 3.20. The lowest BCUT2D eigenvalue weighted by Gasteiger charge is -2.15. The number of aryl methyl sites for hydroxylation is 1. The van der Waals surface area contributed by atoms with Crippen LogP contribution in [0.4, 0.5) is 5.13 Å². The molecular formula is C15H18N4O5S2. The van der Waals surface area contributed by atoms with Crippen molar-refractivity contribution in [3.8, 4) is 11.5 Å². The van der Waals surface area contributed by atoms with Crippen molar-refractivity contribution in [2.45, 2.75) is 30.1 Å². The Hall–Kier alpha value is -2.24. The number of hydrogen-bond donors (Lipinski definition) is 2. The lowest BCUT2D eigenvalue weighted by atomic mass is 10.1. The smallest absolute Gasteiger partial charge is 0.270 e. The second-order valence-electron chi connectivity index (χ2n) is 5.67. The van der Waals surface area contributed by atoms with Gasteiger partial charge in [0.2, 0.25) is 15.4 Å². The van der Waals surface area contributed by atoms with E-state index in [4.69, 9.17) is 9.47 Å². The molecule has 0 spiro atoms. The fourth-order valence-electron chi connectivity index (χ4n) is 2.81. The van der Waals surface area contributed by atoms with E-state index in [0.717, 1.165) is 28.9 Å². The van der Waals surface area contributed by atoms with Gasteiger partial charge in [-0.2, -0.15) is 0 Å². The van der Waals surface area contributed by atoms with E-state index in [-0.39, 0.29) is 15.4 Å². The first kappa shape index (κ1) is 18.5. The fraction of sp³-hybridized carbons (Fsp3) is 0.400. The topological polar surface area (TPSA) is 120 Å². The van der Waals surface area contributed by atoms with Crippen molar-refractivity contribution in [3.63, 3.8) is 0 Å². The summed E-state index contributed by atoms with van der Waals surface area (Å²) in [5.74, 6) is 0.809. The monoisotopic (exact) mass is 398 g/mol. The highest BCUT2D eigenvalue weighted by Gasteiger charge is 2.31. The van der Waals surface area contributed by atoms with Crippen LogP contribution in [0.3, 0.4) is 0 Å². The number of nitrogens with one attached hydrogen (secondary N) is 2. The molecule has 2 N–H and O–H groups in total. The highest BCUT2D eigenvalue weighted by atomic mass is 32.2. The molecule has 11 heteroatoms. The molecule has 1 atom stereocenters. The van der Waals surface area contributed by atoms with Crippen LogP contribution in [-0.4, -0.2) is 38.7 Å². The third-order valence-corrected chi connectivity index (χ3v) is 6.62. The average molecular weight is 398 g/mol. The van der Waals surface area contributed by atoms with Crippen LogP contribution in [0, 0.1) is 0 Å². The first-order chi connectivity index (χ1) is 12.3.